The summed E-state index contributed by atoms with van der Waals surface area (Å²) in [6, 6.07) is 5.94. The van der Waals surface area contributed by atoms with Crippen molar-refractivity contribution in [3.8, 4) is 0 Å². The van der Waals surface area contributed by atoms with Gasteiger partial charge in [0.15, 0.2) is 0 Å². The fourth-order valence-corrected chi connectivity index (χ4v) is 1.91. The summed E-state index contributed by atoms with van der Waals surface area (Å²) in [5.74, 6) is 2.91. The van der Waals surface area contributed by atoms with E-state index < -0.39 is 0 Å². The standard InChI is InChI=1S/C12H15N3OS/c1-17-8-12-3-2-11(16-12)7-14-6-10-4-5-13-9-15-10/h2-5,9,14H,6-8H2,1H3. The van der Waals surface area contributed by atoms with E-state index in [1.807, 2.05) is 18.2 Å². The maximum Gasteiger partial charge on any atom is 0.118 e. The van der Waals surface area contributed by atoms with Crippen molar-refractivity contribution in [3.63, 3.8) is 0 Å². The Morgan fingerprint density at radius 1 is 1.24 bits per heavy atom. The summed E-state index contributed by atoms with van der Waals surface area (Å²) in [5.41, 5.74) is 0.982. The van der Waals surface area contributed by atoms with Crippen LogP contribution < -0.4 is 5.32 Å². The third-order valence-electron chi connectivity index (χ3n) is 2.25. The number of furan rings is 1. The number of aromatic nitrogens is 2. The van der Waals surface area contributed by atoms with E-state index >= 15 is 0 Å². The van der Waals surface area contributed by atoms with Crippen LogP contribution in [0, 0.1) is 0 Å². The highest BCUT2D eigenvalue weighted by Crippen LogP contribution is 2.13. The SMILES string of the molecule is CSCc1ccc(CNCc2ccncn2)o1. The molecule has 17 heavy (non-hydrogen) atoms. The van der Waals surface area contributed by atoms with Crippen LogP contribution in [-0.2, 0) is 18.8 Å². The van der Waals surface area contributed by atoms with Gasteiger partial charge in [-0.3, -0.25) is 0 Å². The van der Waals surface area contributed by atoms with E-state index in [-0.39, 0.29) is 0 Å². The van der Waals surface area contributed by atoms with Crippen LogP contribution in [0.2, 0.25) is 0 Å². The van der Waals surface area contributed by atoms with Crippen molar-refractivity contribution in [2.75, 3.05) is 6.26 Å². The monoisotopic (exact) mass is 249 g/mol. The van der Waals surface area contributed by atoms with Gasteiger partial charge in [-0.1, -0.05) is 0 Å². The van der Waals surface area contributed by atoms with Crippen molar-refractivity contribution < 1.29 is 4.42 Å². The second-order valence-electron chi connectivity index (χ2n) is 3.61. The molecule has 0 aliphatic rings. The van der Waals surface area contributed by atoms with Crippen molar-refractivity contribution in [1.82, 2.24) is 15.3 Å². The van der Waals surface area contributed by atoms with Crippen LogP contribution in [0.1, 0.15) is 17.2 Å². The summed E-state index contributed by atoms with van der Waals surface area (Å²) in [6.45, 7) is 1.44. The molecule has 0 amide bonds. The third kappa shape index (κ3) is 3.87. The molecule has 0 saturated heterocycles. The average Bonchev–Trinajstić information content (AvgIpc) is 2.79. The van der Waals surface area contributed by atoms with Crippen molar-refractivity contribution >= 4 is 11.8 Å². The maximum atomic E-state index is 5.65. The number of nitrogens with zero attached hydrogens (tertiary/aromatic N) is 2. The fraction of sp³-hybridized carbons (Fsp3) is 0.333. The first-order valence-electron chi connectivity index (χ1n) is 5.40. The van der Waals surface area contributed by atoms with Gasteiger partial charge in [-0.15, -0.1) is 0 Å². The van der Waals surface area contributed by atoms with Crippen molar-refractivity contribution in [2.45, 2.75) is 18.8 Å². The Balaban J connectivity index is 1.78. The molecular weight excluding hydrogens is 234 g/mol. The maximum absolute atomic E-state index is 5.65. The summed E-state index contributed by atoms with van der Waals surface area (Å²) in [4.78, 5) is 8.01. The van der Waals surface area contributed by atoms with Gasteiger partial charge in [0.1, 0.15) is 17.8 Å². The van der Waals surface area contributed by atoms with Gasteiger partial charge >= 0.3 is 0 Å². The van der Waals surface area contributed by atoms with E-state index in [4.69, 9.17) is 4.42 Å². The van der Waals surface area contributed by atoms with Crippen LogP contribution in [0.5, 0.6) is 0 Å². The zero-order valence-electron chi connectivity index (χ0n) is 9.72. The molecule has 1 N–H and O–H groups in total. The molecule has 0 fully saturated rings. The predicted octanol–water partition coefficient (Wildman–Crippen LogP) is 2.22. The molecule has 0 bridgehead atoms. The molecule has 0 aliphatic heterocycles. The topological polar surface area (TPSA) is 51.0 Å². The molecule has 0 radical (unpaired) electrons. The molecule has 4 nitrogen and oxygen atoms in total. The lowest BCUT2D eigenvalue weighted by Gasteiger charge is -2.01. The Morgan fingerprint density at radius 3 is 2.88 bits per heavy atom. The lowest BCUT2D eigenvalue weighted by atomic mass is 10.4. The summed E-state index contributed by atoms with van der Waals surface area (Å²) in [6.07, 6.45) is 5.36. The van der Waals surface area contributed by atoms with E-state index in [1.165, 1.54) is 0 Å². The third-order valence-corrected chi connectivity index (χ3v) is 2.83. The van der Waals surface area contributed by atoms with Gasteiger partial charge in [0, 0.05) is 12.7 Å². The summed E-state index contributed by atoms with van der Waals surface area (Å²) in [7, 11) is 0. The summed E-state index contributed by atoms with van der Waals surface area (Å²) in [5, 5.41) is 3.28. The molecule has 0 saturated carbocycles. The number of thioether (sulfide) groups is 1. The van der Waals surface area contributed by atoms with E-state index in [1.54, 1.807) is 24.3 Å². The predicted molar refractivity (Wildman–Crippen MR) is 68.5 cm³/mol. The molecule has 0 spiro atoms. The smallest absolute Gasteiger partial charge is 0.118 e. The van der Waals surface area contributed by atoms with Crippen molar-refractivity contribution in [2.24, 2.45) is 0 Å². The quantitative estimate of drug-likeness (QED) is 0.850. The molecule has 2 aromatic heterocycles. The highest BCUT2D eigenvalue weighted by atomic mass is 32.2. The van der Waals surface area contributed by atoms with E-state index in [0.717, 1.165) is 36.1 Å². The van der Waals surface area contributed by atoms with Crippen LogP contribution >= 0.6 is 11.8 Å². The minimum Gasteiger partial charge on any atom is -0.464 e. The van der Waals surface area contributed by atoms with Crippen LogP contribution in [0.25, 0.3) is 0 Å². The zero-order valence-corrected chi connectivity index (χ0v) is 10.5. The van der Waals surface area contributed by atoms with Crippen LogP contribution in [0.3, 0.4) is 0 Å². The second-order valence-corrected chi connectivity index (χ2v) is 4.47. The van der Waals surface area contributed by atoms with E-state index in [2.05, 4.69) is 21.5 Å². The molecule has 2 rings (SSSR count). The lowest BCUT2D eigenvalue weighted by molar-refractivity contribution is 0.458. The van der Waals surface area contributed by atoms with Gasteiger partial charge in [-0.2, -0.15) is 11.8 Å². The van der Waals surface area contributed by atoms with Crippen molar-refractivity contribution in [3.05, 3.63) is 47.9 Å². The average molecular weight is 249 g/mol. The highest BCUT2D eigenvalue weighted by Gasteiger charge is 2.01. The second kappa shape index (κ2) is 6.42. The molecule has 2 aromatic rings. The van der Waals surface area contributed by atoms with Gasteiger partial charge in [-0.05, 0) is 24.5 Å². The summed E-state index contributed by atoms with van der Waals surface area (Å²) < 4.78 is 5.65. The molecule has 5 heteroatoms. The molecule has 90 valence electrons. The Kier molecular flexibility index (Phi) is 4.58. The first kappa shape index (κ1) is 12.1. The first-order valence-corrected chi connectivity index (χ1v) is 6.80. The number of hydrogen-bond acceptors (Lipinski definition) is 5. The van der Waals surface area contributed by atoms with Crippen LogP contribution in [-0.4, -0.2) is 16.2 Å². The van der Waals surface area contributed by atoms with E-state index in [9.17, 15) is 0 Å². The number of rotatable bonds is 6. The Bertz CT molecular complexity index is 444. The lowest BCUT2D eigenvalue weighted by Crippen LogP contribution is -2.13. The molecule has 0 aromatic carbocycles. The zero-order chi connectivity index (χ0) is 11.9. The molecular formula is C12H15N3OS. The van der Waals surface area contributed by atoms with Crippen LogP contribution in [0.15, 0.2) is 35.1 Å². The van der Waals surface area contributed by atoms with Gasteiger partial charge < -0.3 is 9.73 Å². The van der Waals surface area contributed by atoms with Gasteiger partial charge in [0.2, 0.25) is 0 Å². The molecule has 2 heterocycles. The van der Waals surface area contributed by atoms with Crippen LogP contribution in [0.4, 0.5) is 0 Å². The van der Waals surface area contributed by atoms with Gasteiger partial charge in [-0.25, -0.2) is 9.97 Å². The number of nitrogens with one attached hydrogen (secondary N) is 1. The Morgan fingerprint density at radius 2 is 2.12 bits per heavy atom. The molecule has 0 aliphatic carbocycles. The molecule has 0 atom stereocenters. The Hall–Kier alpha value is -1.33. The molecule has 0 unspecified atom stereocenters. The normalized spacial score (nSPS) is 10.6. The van der Waals surface area contributed by atoms with Gasteiger partial charge in [0.25, 0.3) is 0 Å². The number of hydrogen-bond donors (Lipinski definition) is 1. The fourth-order valence-electron chi connectivity index (χ4n) is 1.47. The van der Waals surface area contributed by atoms with Gasteiger partial charge in [0.05, 0.1) is 18.0 Å². The Labute approximate surface area is 105 Å². The largest absolute Gasteiger partial charge is 0.464 e. The minimum atomic E-state index is 0.721. The minimum absolute atomic E-state index is 0.721. The van der Waals surface area contributed by atoms with E-state index in [0.29, 0.717) is 0 Å². The van der Waals surface area contributed by atoms with Crippen molar-refractivity contribution in [1.29, 1.82) is 0 Å². The highest BCUT2D eigenvalue weighted by molar-refractivity contribution is 7.97. The summed E-state index contributed by atoms with van der Waals surface area (Å²) >= 11 is 1.76. The first-order chi connectivity index (χ1) is 8.38.